The highest BCUT2D eigenvalue weighted by Gasteiger charge is 2.18. The first-order valence-electron chi connectivity index (χ1n) is 4.83. The van der Waals surface area contributed by atoms with Crippen LogP contribution in [0.1, 0.15) is 13.3 Å². The van der Waals surface area contributed by atoms with Gasteiger partial charge in [0.15, 0.2) is 0 Å². The normalized spacial score (nSPS) is 13.7. The molecular weight excluding hydrogens is 358 g/mol. The molecule has 0 saturated carbocycles. The Kier molecular flexibility index (Phi) is 5.43. The van der Waals surface area contributed by atoms with Gasteiger partial charge in [-0.05, 0) is 24.6 Å². The average Bonchev–Trinajstić information content (AvgIpc) is 2.26. The van der Waals surface area contributed by atoms with Crippen molar-refractivity contribution in [2.24, 2.45) is 0 Å². The minimum atomic E-state index is -3.42. The van der Waals surface area contributed by atoms with Crippen molar-refractivity contribution in [3.05, 3.63) is 28.7 Å². The van der Waals surface area contributed by atoms with E-state index in [9.17, 15) is 8.42 Å². The molecule has 3 nitrogen and oxygen atoms in total. The number of halogens is 2. The average molecular weight is 371 g/mol. The Labute approximate surface area is 113 Å². The topological polar surface area (TPSA) is 46.2 Å². The Morgan fingerprint density at radius 3 is 2.62 bits per heavy atom. The first-order chi connectivity index (χ1) is 7.49. The Morgan fingerprint density at radius 2 is 2.12 bits per heavy atom. The van der Waals surface area contributed by atoms with Gasteiger partial charge < -0.3 is 0 Å². The van der Waals surface area contributed by atoms with E-state index in [1.807, 2.05) is 6.92 Å². The maximum atomic E-state index is 12.0. The van der Waals surface area contributed by atoms with Gasteiger partial charge in [0.1, 0.15) is 0 Å². The third-order valence-corrected chi connectivity index (χ3v) is 4.90. The van der Waals surface area contributed by atoms with Crippen LogP contribution in [0.5, 0.6) is 0 Å². The first kappa shape index (κ1) is 14.2. The fraction of sp³-hybridized carbons (Fsp3) is 0.400. The lowest BCUT2D eigenvalue weighted by Gasteiger charge is -2.14. The molecule has 1 aromatic rings. The second kappa shape index (κ2) is 6.14. The van der Waals surface area contributed by atoms with Gasteiger partial charge in [0.05, 0.1) is 4.90 Å². The maximum absolute atomic E-state index is 12.0. The Balaban J connectivity index is 2.94. The summed E-state index contributed by atoms with van der Waals surface area (Å²) < 4.78 is 27.3. The van der Waals surface area contributed by atoms with Crippen LogP contribution in [0.25, 0.3) is 0 Å². The maximum Gasteiger partial charge on any atom is 0.240 e. The molecule has 1 N–H and O–H groups in total. The van der Waals surface area contributed by atoms with Crippen LogP contribution in [0.3, 0.4) is 0 Å². The second-order valence-corrected chi connectivity index (χ2v) is 6.62. The third-order valence-electron chi connectivity index (χ3n) is 2.11. The van der Waals surface area contributed by atoms with Crippen LogP contribution in [0.15, 0.2) is 33.6 Å². The number of hydrogen-bond donors (Lipinski definition) is 1. The summed E-state index contributed by atoms with van der Waals surface area (Å²) in [7, 11) is -3.42. The minimum Gasteiger partial charge on any atom is -0.207 e. The van der Waals surface area contributed by atoms with Crippen molar-refractivity contribution < 1.29 is 8.42 Å². The minimum absolute atomic E-state index is 0.0796. The van der Waals surface area contributed by atoms with Crippen LogP contribution < -0.4 is 4.72 Å². The number of hydrogen-bond acceptors (Lipinski definition) is 2. The van der Waals surface area contributed by atoms with Crippen LogP contribution in [0.4, 0.5) is 0 Å². The fourth-order valence-corrected chi connectivity index (χ4v) is 3.90. The monoisotopic (exact) mass is 369 g/mol. The van der Waals surface area contributed by atoms with Gasteiger partial charge in [-0.3, -0.25) is 0 Å². The van der Waals surface area contributed by atoms with E-state index in [0.717, 1.165) is 10.9 Å². The van der Waals surface area contributed by atoms with E-state index >= 15 is 0 Å². The molecule has 0 aliphatic rings. The molecule has 0 aliphatic heterocycles. The van der Waals surface area contributed by atoms with Crippen molar-refractivity contribution >= 4 is 41.9 Å². The van der Waals surface area contributed by atoms with Gasteiger partial charge in [0, 0.05) is 15.8 Å². The van der Waals surface area contributed by atoms with Crippen molar-refractivity contribution in [3.63, 3.8) is 0 Å². The smallest absolute Gasteiger partial charge is 0.207 e. The molecule has 6 heteroatoms. The van der Waals surface area contributed by atoms with E-state index in [4.69, 9.17) is 0 Å². The predicted octanol–water partition coefficient (Wildman–Crippen LogP) is 2.90. The number of rotatable bonds is 5. The lowest BCUT2D eigenvalue weighted by atomic mass is 10.3. The molecule has 0 amide bonds. The molecule has 0 aliphatic carbocycles. The molecule has 0 bridgehead atoms. The molecule has 0 fully saturated rings. The van der Waals surface area contributed by atoms with E-state index in [-0.39, 0.29) is 10.9 Å². The molecular formula is C10H13Br2NO2S. The van der Waals surface area contributed by atoms with Gasteiger partial charge in [-0.2, -0.15) is 0 Å². The van der Waals surface area contributed by atoms with Gasteiger partial charge in [-0.15, -0.1) is 0 Å². The number of alkyl halides is 1. The summed E-state index contributed by atoms with van der Waals surface area (Å²) in [6.07, 6.45) is 0.748. The van der Waals surface area contributed by atoms with Crippen molar-refractivity contribution in [3.8, 4) is 0 Å². The number of benzene rings is 1. The van der Waals surface area contributed by atoms with E-state index in [1.54, 1.807) is 24.3 Å². The van der Waals surface area contributed by atoms with Gasteiger partial charge >= 0.3 is 0 Å². The Hall–Kier alpha value is 0.0900. The SMILES string of the molecule is CCC(CBr)NS(=O)(=O)c1cccc(Br)c1. The molecule has 0 radical (unpaired) electrons. The summed E-state index contributed by atoms with van der Waals surface area (Å²) >= 11 is 6.53. The molecule has 1 unspecified atom stereocenters. The zero-order valence-corrected chi connectivity index (χ0v) is 12.8. The molecule has 16 heavy (non-hydrogen) atoms. The third kappa shape index (κ3) is 3.84. The van der Waals surface area contributed by atoms with E-state index in [0.29, 0.717) is 5.33 Å². The molecule has 90 valence electrons. The molecule has 1 aromatic carbocycles. The van der Waals surface area contributed by atoms with Crippen LogP contribution in [-0.2, 0) is 10.0 Å². The zero-order valence-electron chi connectivity index (χ0n) is 8.78. The Morgan fingerprint density at radius 1 is 1.44 bits per heavy atom. The van der Waals surface area contributed by atoms with Gasteiger partial charge in [-0.1, -0.05) is 44.8 Å². The fourth-order valence-electron chi connectivity index (χ4n) is 1.15. The Bertz CT molecular complexity index is 444. The highest BCUT2D eigenvalue weighted by molar-refractivity contribution is 9.10. The van der Waals surface area contributed by atoms with Crippen molar-refractivity contribution in [2.75, 3.05) is 5.33 Å². The summed E-state index contributed by atoms with van der Waals surface area (Å²) in [6.45, 7) is 1.94. The van der Waals surface area contributed by atoms with Crippen LogP contribution in [0, 0.1) is 0 Å². The molecule has 1 rings (SSSR count). The summed E-state index contributed by atoms with van der Waals surface area (Å²) in [6, 6.07) is 6.58. The molecule has 0 aromatic heterocycles. The lowest BCUT2D eigenvalue weighted by molar-refractivity contribution is 0.559. The predicted molar refractivity (Wildman–Crippen MR) is 72.3 cm³/mol. The lowest BCUT2D eigenvalue weighted by Crippen LogP contribution is -2.35. The van der Waals surface area contributed by atoms with Crippen molar-refractivity contribution in [1.29, 1.82) is 0 Å². The molecule has 0 spiro atoms. The number of nitrogens with one attached hydrogen (secondary N) is 1. The summed E-state index contributed by atoms with van der Waals surface area (Å²) in [5.74, 6) is 0. The standard InChI is InChI=1S/C10H13Br2NO2S/c1-2-9(7-11)13-16(14,15)10-5-3-4-8(12)6-10/h3-6,9,13H,2,7H2,1H3. The van der Waals surface area contributed by atoms with E-state index in [1.165, 1.54) is 0 Å². The first-order valence-corrected chi connectivity index (χ1v) is 8.23. The van der Waals surface area contributed by atoms with Crippen molar-refractivity contribution in [1.82, 2.24) is 4.72 Å². The summed E-state index contributed by atoms with van der Waals surface area (Å²) in [5, 5.41) is 0.608. The molecule has 1 atom stereocenters. The van der Waals surface area contributed by atoms with Crippen LogP contribution in [-0.4, -0.2) is 19.8 Å². The highest BCUT2D eigenvalue weighted by Crippen LogP contribution is 2.16. The van der Waals surface area contributed by atoms with E-state index in [2.05, 4.69) is 36.6 Å². The van der Waals surface area contributed by atoms with Crippen molar-refractivity contribution in [2.45, 2.75) is 24.3 Å². The zero-order chi connectivity index (χ0) is 12.2. The van der Waals surface area contributed by atoms with E-state index < -0.39 is 10.0 Å². The quantitative estimate of drug-likeness (QED) is 0.810. The van der Waals surface area contributed by atoms with Crippen LogP contribution in [0.2, 0.25) is 0 Å². The molecule has 0 heterocycles. The summed E-state index contributed by atoms with van der Waals surface area (Å²) in [5.41, 5.74) is 0. The van der Waals surface area contributed by atoms with Gasteiger partial charge in [-0.25, -0.2) is 13.1 Å². The number of sulfonamides is 1. The van der Waals surface area contributed by atoms with Gasteiger partial charge in [0.2, 0.25) is 10.0 Å². The van der Waals surface area contributed by atoms with Gasteiger partial charge in [0.25, 0.3) is 0 Å². The second-order valence-electron chi connectivity index (χ2n) is 3.34. The highest BCUT2D eigenvalue weighted by atomic mass is 79.9. The van der Waals surface area contributed by atoms with Crippen LogP contribution >= 0.6 is 31.9 Å². The summed E-state index contributed by atoms with van der Waals surface area (Å²) in [4.78, 5) is 0.279. The molecule has 0 saturated heterocycles. The largest absolute Gasteiger partial charge is 0.240 e.